The lowest BCUT2D eigenvalue weighted by molar-refractivity contribution is 0.0943. The minimum Gasteiger partial charge on any atom is -0.345 e. The molecule has 3 amide bonds. The Hall–Kier alpha value is -3.19. The smallest absolute Gasteiger partial charge is 0.325 e. The van der Waals surface area contributed by atoms with Crippen LogP contribution < -0.4 is 16.0 Å². The summed E-state index contributed by atoms with van der Waals surface area (Å²) in [6, 6.07) is 16.7. The van der Waals surface area contributed by atoms with Crippen molar-refractivity contribution in [2.75, 3.05) is 10.6 Å². The minimum absolute atomic E-state index is 0.128. The molecule has 0 radical (unpaired) electrons. The van der Waals surface area contributed by atoms with Gasteiger partial charge in [-0.25, -0.2) is 9.78 Å². The van der Waals surface area contributed by atoms with Gasteiger partial charge in [-0.1, -0.05) is 59.4 Å². The zero-order valence-electron chi connectivity index (χ0n) is 15.9. The molecule has 1 unspecified atom stereocenters. The molecule has 1 aromatic heterocycles. The molecule has 3 aromatic rings. The van der Waals surface area contributed by atoms with E-state index in [1.165, 1.54) is 0 Å². The molecule has 3 N–H and O–H groups in total. The van der Waals surface area contributed by atoms with Gasteiger partial charge in [0.05, 0.1) is 11.7 Å². The Labute approximate surface area is 168 Å². The third kappa shape index (κ3) is 4.95. The zero-order chi connectivity index (χ0) is 20.1. The van der Waals surface area contributed by atoms with Gasteiger partial charge in [-0.2, -0.15) is 0 Å². The zero-order valence-corrected chi connectivity index (χ0v) is 16.8. The van der Waals surface area contributed by atoms with Crippen LogP contribution in [0.25, 0.3) is 0 Å². The van der Waals surface area contributed by atoms with Gasteiger partial charge < -0.3 is 10.6 Å². The van der Waals surface area contributed by atoms with Crippen molar-refractivity contribution in [3.8, 4) is 0 Å². The Morgan fingerprint density at radius 3 is 2.32 bits per heavy atom. The molecular formula is C21H22N4O2S. The van der Waals surface area contributed by atoms with Gasteiger partial charge in [-0.3, -0.25) is 10.1 Å². The van der Waals surface area contributed by atoms with Gasteiger partial charge in [0.1, 0.15) is 4.88 Å². The van der Waals surface area contributed by atoms with E-state index in [4.69, 9.17) is 0 Å². The van der Waals surface area contributed by atoms with E-state index in [1.54, 1.807) is 6.92 Å². The van der Waals surface area contributed by atoms with Crippen molar-refractivity contribution in [3.63, 3.8) is 0 Å². The van der Waals surface area contributed by atoms with Crippen molar-refractivity contribution in [2.24, 2.45) is 0 Å². The number of nitrogens with zero attached hydrogens (tertiary/aromatic N) is 1. The summed E-state index contributed by atoms with van der Waals surface area (Å²) >= 11 is 1.15. The van der Waals surface area contributed by atoms with E-state index >= 15 is 0 Å². The molecule has 0 aliphatic heterocycles. The van der Waals surface area contributed by atoms with E-state index in [1.807, 2.05) is 68.4 Å². The number of urea groups is 1. The standard InChI is InChI=1S/C21H22N4O2S/c1-13-9-11-17(12-10-13)24-20(27)25-21-23-15(3)18(28-21)19(26)22-14(2)16-7-5-4-6-8-16/h4-12,14H,1-3H3,(H,22,26)(H2,23,24,25,27). The molecule has 1 atom stereocenters. The van der Waals surface area contributed by atoms with E-state index in [0.717, 1.165) is 22.5 Å². The van der Waals surface area contributed by atoms with Gasteiger partial charge in [-0.15, -0.1) is 0 Å². The summed E-state index contributed by atoms with van der Waals surface area (Å²) in [5, 5.41) is 8.77. The third-order valence-electron chi connectivity index (χ3n) is 4.18. The summed E-state index contributed by atoms with van der Waals surface area (Å²) in [4.78, 5) is 29.5. The minimum atomic E-state index is -0.401. The van der Waals surface area contributed by atoms with Crippen LogP contribution in [0.3, 0.4) is 0 Å². The van der Waals surface area contributed by atoms with Crippen molar-refractivity contribution in [1.82, 2.24) is 10.3 Å². The second-order valence-electron chi connectivity index (χ2n) is 6.48. The lowest BCUT2D eigenvalue weighted by atomic mass is 10.1. The number of rotatable bonds is 5. The molecule has 0 aliphatic rings. The average Bonchev–Trinajstić information content (AvgIpc) is 3.04. The van der Waals surface area contributed by atoms with E-state index in [2.05, 4.69) is 20.9 Å². The maximum absolute atomic E-state index is 12.6. The first kappa shape index (κ1) is 19.6. The molecule has 3 rings (SSSR count). The highest BCUT2D eigenvalue weighted by Crippen LogP contribution is 2.24. The molecule has 0 fully saturated rings. The Morgan fingerprint density at radius 1 is 0.964 bits per heavy atom. The highest BCUT2D eigenvalue weighted by atomic mass is 32.1. The molecule has 0 spiro atoms. The fourth-order valence-electron chi connectivity index (χ4n) is 2.64. The number of thiazole rings is 1. The van der Waals surface area contributed by atoms with Crippen LogP contribution in [0.5, 0.6) is 0 Å². The normalized spacial score (nSPS) is 11.5. The van der Waals surface area contributed by atoms with Crippen LogP contribution in [0.2, 0.25) is 0 Å². The first-order chi connectivity index (χ1) is 13.4. The quantitative estimate of drug-likeness (QED) is 0.576. The molecule has 0 bridgehead atoms. The fraction of sp³-hybridized carbons (Fsp3) is 0.190. The van der Waals surface area contributed by atoms with Crippen LogP contribution in [-0.4, -0.2) is 16.9 Å². The Bertz CT molecular complexity index is 968. The predicted octanol–water partition coefficient (Wildman–Crippen LogP) is 4.89. The monoisotopic (exact) mass is 394 g/mol. The van der Waals surface area contributed by atoms with Crippen LogP contribution in [0.15, 0.2) is 54.6 Å². The summed E-state index contributed by atoms with van der Waals surface area (Å²) in [5.41, 5.74) is 3.40. The van der Waals surface area contributed by atoms with E-state index in [9.17, 15) is 9.59 Å². The lowest BCUT2D eigenvalue weighted by Gasteiger charge is -2.13. The molecule has 0 saturated carbocycles. The molecule has 6 nitrogen and oxygen atoms in total. The summed E-state index contributed by atoms with van der Waals surface area (Å²) in [7, 11) is 0. The highest BCUT2D eigenvalue weighted by Gasteiger charge is 2.18. The van der Waals surface area contributed by atoms with Crippen LogP contribution in [-0.2, 0) is 0 Å². The average molecular weight is 395 g/mol. The molecule has 1 heterocycles. The van der Waals surface area contributed by atoms with Crippen molar-refractivity contribution in [3.05, 3.63) is 76.3 Å². The van der Waals surface area contributed by atoms with E-state index in [-0.39, 0.29) is 11.9 Å². The second-order valence-corrected chi connectivity index (χ2v) is 7.48. The number of aryl methyl sites for hydroxylation is 2. The number of hydrogen-bond acceptors (Lipinski definition) is 4. The number of carbonyl (C=O) groups is 2. The van der Waals surface area contributed by atoms with Gasteiger partial charge in [-0.05, 0) is 38.5 Å². The maximum atomic E-state index is 12.6. The number of aromatic nitrogens is 1. The fourth-order valence-corrected chi connectivity index (χ4v) is 3.51. The van der Waals surface area contributed by atoms with Crippen molar-refractivity contribution < 1.29 is 9.59 Å². The van der Waals surface area contributed by atoms with Crippen LogP contribution in [0.4, 0.5) is 15.6 Å². The van der Waals surface area contributed by atoms with E-state index < -0.39 is 6.03 Å². The third-order valence-corrected chi connectivity index (χ3v) is 5.25. The number of benzene rings is 2. The number of anilines is 2. The Balaban J connectivity index is 1.62. The van der Waals surface area contributed by atoms with Gasteiger partial charge >= 0.3 is 6.03 Å². The van der Waals surface area contributed by atoms with Crippen LogP contribution in [0.1, 0.15) is 39.5 Å². The highest BCUT2D eigenvalue weighted by molar-refractivity contribution is 7.17. The van der Waals surface area contributed by atoms with Crippen molar-refractivity contribution >= 4 is 34.1 Å². The summed E-state index contributed by atoms with van der Waals surface area (Å²) in [5.74, 6) is -0.210. The molecule has 144 valence electrons. The first-order valence-electron chi connectivity index (χ1n) is 8.90. The second kappa shape index (κ2) is 8.67. The molecular weight excluding hydrogens is 372 g/mol. The summed E-state index contributed by atoms with van der Waals surface area (Å²) in [6.45, 7) is 5.66. The van der Waals surface area contributed by atoms with Crippen LogP contribution in [0, 0.1) is 13.8 Å². The number of nitrogens with one attached hydrogen (secondary N) is 3. The van der Waals surface area contributed by atoms with Crippen LogP contribution >= 0.6 is 11.3 Å². The first-order valence-corrected chi connectivity index (χ1v) is 9.72. The molecule has 28 heavy (non-hydrogen) atoms. The maximum Gasteiger partial charge on any atom is 0.325 e. The van der Waals surface area contributed by atoms with Gasteiger partial charge in [0.25, 0.3) is 5.91 Å². The summed E-state index contributed by atoms with van der Waals surface area (Å²) < 4.78 is 0. The Morgan fingerprint density at radius 2 is 1.64 bits per heavy atom. The molecule has 0 saturated heterocycles. The topological polar surface area (TPSA) is 83.1 Å². The van der Waals surface area contributed by atoms with Crippen molar-refractivity contribution in [1.29, 1.82) is 0 Å². The predicted molar refractivity (Wildman–Crippen MR) is 113 cm³/mol. The van der Waals surface area contributed by atoms with Gasteiger partial charge in [0, 0.05) is 5.69 Å². The molecule has 2 aromatic carbocycles. The largest absolute Gasteiger partial charge is 0.345 e. The number of hydrogen-bond donors (Lipinski definition) is 3. The number of carbonyl (C=O) groups excluding carboxylic acids is 2. The van der Waals surface area contributed by atoms with Gasteiger partial charge in [0.2, 0.25) is 0 Å². The summed E-state index contributed by atoms with van der Waals surface area (Å²) in [6.07, 6.45) is 0. The molecule has 0 aliphatic carbocycles. The lowest BCUT2D eigenvalue weighted by Crippen LogP contribution is -2.26. The van der Waals surface area contributed by atoms with Crippen molar-refractivity contribution in [2.45, 2.75) is 26.8 Å². The molecule has 7 heteroatoms. The van der Waals surface area contributed by atoms with Gasteiger partial charge in [0.15, 0.2) is 5.13 Å². The Kier molecular flexibility index (Phi) is 6.06. The van der Waals surface area contributed by atoms with E-state index in [0.29, 0.717) is 21.4 Å². The number of amides is 3. The SMILES string of the molecule is Cc1ccc(NC(=O)Nc2nc(C)c(C(=O)NC(C)c3ccccc3)s2)cc1.